The lowest BCUT2D eigenvalue weighted by Crippen LogP contribution is -2.30. The number of carbonyl (C=O) groups is 3. The van der Waals surface area contributed by atoms with E-state index in [1.165, 1.54) is 77.0 Å². The number of hydrogen-bond acceptors (Lipinski definition) is 10. The number of carbonyl (C=O) groups excluding carboxylic acids is 3. The van der Waals surface area contributed by atoms with E-state index in [4.69, 9.17) is 23.3 Å². The van der Waals surface area contributed by atoms with Gasteiger partial charge in [-0.3, -0.25) is 23.4 Å². The van der Waals surface area contributed by atoms with Crippen molar-refractivity contribution in [3.63, 3.8) is 0 Å². The lowest BCUT2D eigenvalue weighted by atomic mass is 10.1. The van der Waals surface area contributed by atoms with Crippen molar-refractivity contribution in [2.24, 2.45) is 0 Å². The molecule has 0 saturated carbocycles. The minimum Gasteiger partial charge on any atom is -0.462 e. The van der Waals surface area contributed by atoms with E-state index in [0.29, 0.717) is 19.3 Å². The maximum absolute atomic E-state index is 12.9. The van der Waals surface area contributed by atoms with Gasteiger partial charge in [-0.25, -0.2) is 4.57 Å². The van der Waals surface area contributed by atoms with Crippen LogP contribution in [-0.4, -0.2) is 66.5 Å². The van der Waals surface area contributed by atoms with Crippen LogP contribution in [0.15, 0.2) is 97.2 Å². The SMILES string of the molecule is CC/C=C\C/C=C\C/C=C\C/C=C\CCC(=O)OC(CO)COP(=O)(O)OCC(COC(=O)CCCCCCCCCCC/C=C\C/C=C\CCCCC)OC(=O)CCCCCCC/C=C\C/C=C\CCCCC. The average Bonchev–Trinajstić information content (AvgIpc) is 3.39. The van der Waals surface area contributed by atoms with Crippen molar-refractivity contribution in [1.29, 1.82) is 0 Å². The minimum absolute atomic E-state index is 0.0513. The van der Waals surface area contributed by atoms with Gasteiger partial charge >= 0.3 is 25.7 Å². The number of phosphoric acid groups is 1. The van der Waals surface area contributed by atoms with Gasteiger partial charge in [0.25, 0.3) is 0 Å². The number of aliphatic hydroxyl groups is 1. The zero-order valence-electron chi connectivity index (χ0n) is 46.8. The highest BCUT2D eigenvalue weighted by atomic mass is 31.2. The Morgan fingerprint density at radius 2 is 0.730 bits per heavy atom. The smallest absolute Gasteiger partial charge is 0.462 e. The molecule has 0 amide bonds. The molecule has 0 aromatic carbocycles. The predicted molar refractivity (Wildman–Crippen MR) is 307 cm³/mol. The minimum atomic E-state index is -4.77. The topological polar surface area (TPSA) is 155 Å². The Balaban J connectivity index is 4.79. The van der Waals surface area contributed by atoms with Gasteiger partial charge in [-0.05, 0) is 109 Å². The molecular weight excluding hydrogens is 952 g/mol. The summed E-state index contributed by atoms with van der Waals surface area (Å²) in [5.74, 6) is -1.58. The van der Waals surface area contributed by atoms with Crippen LogP contribution in [0.5, 0.6) is 0 Å². The molecule has 0 heterocycles. The van der Waals surface area contributed by atoms with E-state index in [1.54, 1.807) is 0 Å². The standard InChI is InChI=1S/C62H105O11P/c1-4-7-10-13-16-19-22-25-27-28-29-30-32-34-36-39-42-45-48-51-60(64)69-55-59(73-62(66)53-50-47-44-41-38-35-31-26-23-20-17-14-11-8-5-2)57-71-74(67,68)70-56-58(54-63)72-61(65)52-49-46-43-40-37-33-24-21-18-15-12-9-6-3/h9,12,16-21,25-27,31,33,37,43,46,58-59,63H,4-8,10-11,13-15,22-24,28-30,32,34-36,38-42,44-45,47-57H2,1-3H3,(H,67,68)/b12-9-,19-16-,20-17-,21-18-,27-25-,31-26-,37-33-,46-43-. The summed E-state index contributed by atoms with van der Waals surface area (Å²) >= 11 is 0. The van der Waals surface area contributed by atoms with Crippen LogP contribution in [0.1, 0.15) is 239 Å². The highest BCUT2D eigenvalue weighted by Gasteiger charge is 2.28. The van der Waals surface area contributed by atoms with Crippen LogP contribution >= 0.6 is 7.82 Å². The maximum atomic E-state index is 12.9. The van der Waals surface area contributed by atoms with Crippen LogP contribution < -0.4 is 0 Å². The first-order chi connectivity index (χ1) is 36.2. The number of ether oxygens (including phenoxy) is 3. The molecule has 0 aromatic rings. The average molecular weight is 1060 g/mol. The van der Waals surface area contributed by atoms with Crippen molar-refractivity contribution in [1.82, 2.24) is 0 Å². The van der Waals surface area contributed by atoms with E-state index in [0.717, 1.165) is 103 Å². The number of allylic oxidation sites excluding steroid dienone is 16. The fourth-order valence-electron chi connectivity index (χ4n) is 7.55. The normalized spacial score (nSPS) is 14.1. The van der Waals surface area contributed by atoms with Gasteiger partial charge in [0.15, 0.2) is 6.10 Å². The third-order valence-corrected chi connectivity index (χ3v) is 12.9. The van der Waals surface area contributed by atoms with E-state index in [9.17, 15) is 28.9 Å². The van der Waals surface area contributed by atoms with E-state index in [-0.39, 0.29) is 25.9 Å². The summed E-state index contributed by atoms with van der Waals surface area (Å²) < 4.78 is 39.4. The molecule has 0 aromatic heterocycles. The summed E-state index contributed by atoms with van der Waals surface area (Å²) in [5.41, 5.74) is 0. The monoisotopic (exact) mass is 1060 g/mol. The third-order valence-electron chi connectivity index (χ3n) is 12.0. The number of aliphatic hydroxyl groups excluding tert-OH is 1. The van der Waals surface area contributed by atoms with E-state index in [2.05, 4.69) is 106 Å². The number of phosphoric ester groups is 1. The van der Waals surface area contributed by atoms with Gasteiger partial charge in [0.1, 0.15) is 12.7 Å². The van der Waals surface area contributed by atoms with Crippen molar-refractivity contribution < 1.29 is 52.2 Å². The van der Waals surface area contributed by atoms with Crippen LogP contribution in [0.2, 0.25) is 0 Å². The zero-order valence-corrected chi connectivity index (χ0v) is 47.7. The lowest BCUT2D eigenvalue weighted by Gasteiger charge is -2.21. The Morgan fingerprint density at radius 1 is 0.392 bits per heavy atom. The molecule has 0 bridgehead atoms. The summed E-state index contributed by atoms with van der Waals surface area (Å²) in [6.07, 6.45) is 65.2. The number of esters is 3. The highest BCUT2D eigenvalue weighted by Crippen LogP contribution is 2.43. The fraction of sp³-hybridized carbons (Fsp3) is 0.694. The maximum Gasteiger partial charge on any atom is 0.472 e. The summed E-state index contributed by atoms with van der Waals surface area (Å²) in [5, 5.41) is 9.79. The molecule has 0 fully saturated rings. The van der Waals surface area contributed by atoms with E-state index >= 15 is 0 Å². The van der Waals surface area contributed by atoms with Gasteiger partial charge in [-0.2, -0.15) is 0 Å². The Morgan fingerprint density at radius 3 is 1.16 bits per heavy atom. The van der Waals surface area contributed by atoms with Crippen molar-refractivity contribution >= 4 is 25.7 Å². The van der Waals surface area contributed by atoms with Gasteiger partial charge in [0.2, 0.25) is 0 Å². The summed E-state index contributed by atoms with van der Waals surface area (Å²) in [7, 11) is -4.77. The van der Waals surface area contributed by atoms with Crippen LogP contribution in [0.4, 0.5) is 0 Å². The van der Waals surface area contributed by atoms with Crippen LogP contribution in [0.25, 0.3) is 0 Å². The summed E-state index contributed by atoms with van der Waals surface area (Å²) in [6.45, 7) is 4.37. The molecule has 3 unspecified atom stereocenters. The van der Waals surface area contributed by atoms with Gasteiger partial charge in [0, 0.05) is 19.3 Å². The number of unbranched alkanes of at least 4 members (excludes halogenated alkanes) is 20. The first kappa shape index (κ1) is 70.4. The molecule has 0 aliphatic heterocycles. The molecule has 0 aliphatic carbocycles. The summed E-state index contributed by atoms with van der Waals surface area (Å²) in [4.78, 5) is 48.5. The first-order valence-electron chi connectivity index (χ1n) is 29.1. The third kappa shape index (κ3) is 53.2. The molecule has 3 atom stereocenters. The number of hydrogen-bond donors (Lipinski definition) is 2. The second-order valence-corrected chi connectivity index (χ2v) is 20.5. The summed E-state index contributed by atoms with van der Waals surface area (Å²) in [6, 6.07) is 0. The van der Waals surface area contributed by atoms with Crippen molar-refractivity contribution in [3.8, 4) is 0 Å². The Bertz CT molecular complexity index is 1610. The van der Waals surface area contributed by atoms with E-state index in [1.807, 2.05) is 12.2 Å². The molecule has 424 valence electrons. The van der Waals surface area contributed by atoms with Crippen molar-refractivity contribution in [2.75, 3.05) is 26.4 Å². The quantitative estimate of drug-likeness (QED) is 0.0197. The van der Waals surface area contributed by atoms with Gasteiger partial charge in [-0.15, -0.1) is 0 Å². The van der Waals surface area contributed by atoms with E-state index < -0.39 is 57.8 Å². The molecule has 0 radical (unpaired) electrons. The Labute approximate surface area is 451 Å². The van der Waals surface area contributed by atoms with Gasteiger partial charge < -0.3 is 24.2 Å². The second kappa shape index (κ2) is 55.6. The highest BCUT2D eigenvalue weighted by molar-refractivity contribution is 7.47. The molecule has 0 saturated heterocycles. The van der Waals surface area contributed by atoms with Crippen LogP contribution in [0.3, 0.4) is 0 Å². The molecule has 11 nitrogen and oxygen atoms in total. The number of rotatable bonds is 53. The predicted octanol–water partition coefficient (Wildman–Crippen LogP) is 17.3. The molecule has 0 rings (SSSR count). The second-order valence-electron chi connectivity index (χ2n) is 19.1. The molecule has 74 heavy (non-hydrogen) atoms. The largest absolute Gasteiger partial charge is 0.472 e. The molecule has 2 N–H and O–H groups in total. The van der Waals surface area contributed by atoms with Crippen LogP contribution in [-0.2, 0) is 42.2 Å². The first-order valence-corrected chi connectivity index (χ1v) is 30.6. The molecular formula is C62H105O11P. The van der Waals surface area contributed by atoms with Crippen molar-refractivity contribution in [3.05, 3.63) is 97.2 Å². The molecule has 12 heteroatoms. The van der Waals surface area contributed by atoms with Gasteiger partial charge in [0.05, 0.1) is 19.8 Å². The fourth-order valence-corrected chi connectivity index (χ4v) is 8.33. The van der Waals surface area contributed by atoms with Crippen molar-refractivity contribution in [2.45, 2.75) is 251 Å². The Kier molecular flexibility index (Phi) is 52.9. The zero-order chi connectivity index (χ0) is 54.1. The van der Waals surface area contributed by atoms with Crippen LogP contribution in [0, 0.1) is 0 Å². The van der Waals surface area contributed by atoms with Gasteiger partial charge in [-0.1, -0.05) is 208 Å². The Hall–Kier alpha value is -3.60. The lowest BCUT2D eigenvalue weighted by molar-refractivity contribution is -0.161. The molecule has 0 aliphatic rings. The molecule has 0 spiro atoms.